The Morgan fingerprint density at radius 1 is 1.39 bits per heavy atom. The molecule has 0 aliphatic rings. The molecule has 0 spiro atoms. The van der Waals surface area contributed by atoms with Gasteiger partial charge in [0.15, 0.2) is 0 Å². The molecule has 0 saturated carbocycles. The molecule has 1 rings (SSSR count). The van der Waals surface area contributed by atoms with Gasteiger partial charge in [0.05, 0.1) is 4.83 Å². The van der Waals surface area contributed by atoms with Gasteiger partial charge in [0.2, 0.25) is 5.91 Å². The molecule has 0 aliphatic heterocycles. The summed E-state index contributed by atoms with van der Waals surface area (Å²) in [4.78, 5) is 11.4. The van der Waals surface area contributed by atoms with Gasteiger partial charge in [0, 0.05) is 6.54 Å². The van der Waals surface area contributed by atoms with Crippen molar-refractivity contribution < 1.29 is 9.18 Å². The van der Waals surface area contributed by atoms with Crippen LogP contribution in [0.2, 0.25) is 0 Å². The number of nitrogens with one attached hydrogen (secondary N) is 1. The van der Waals surface area contributed by atoms with Gasteiger partial charge in [-0.3, -0.25) is 4.79 Å². The van der Waals surface area contributed by atoms with Crippen LogP contribution in [-0.4, -0.2) is 17.3 Å². The molecule has 1 unspecified atom stereocenters. The number of rotatable bonds is 6. The molecular weight excluding hydrogens is 297 g/mol. The maximum atomic E-state index is 13.4. The lowest BCUT2D eigenvalue weighted by Crippen LogP contribution is -2.33. The molecule has 0 saturated heterocycles. The third-order valence-corrected chi connectivity index (χ3v) is 3.40. The lowest BCUT2D eigenvalue weighted by Gasteiger charge is -2.12. The predicted molar refractivity (Wildman–Crippen MR) is 75.3 cm³/mol. The fourth-order valence-corrected chi connectivity index (χ4v) is 2.06. The van der Waals surface area contributed by atoms with Crippen LogP contribution in [-0.2, 0) is 11.2 Å². The maximum Gasteiger partial charge on any atom is 0.234 e. The average Bonchev–Trinajstić information content (AvgIpc) is 2.31. The number of carbonyl (C=O) groups excluding carboxylic acids is 1. The number of halogens is 2. The fourth-order valence-electron chi connectivity index (χ4n) is 1.54. The summed E-state index contributed by atoms with van der Waals surface area (Å²) in [6, 6.07) is 6.52. The lowest BCUT2D eigenvalue weighted by molar-refractivity contribution is -0.120. The normalized spacial score (nSPS) is 12.5. The fraction of sp³-hybridized carbons (Fsp3) is 0.500. The van der Waals surface area contributed by atoms with E-state index in [0.29, 0.717) is 24.4 Å². The van der Waals surface area contributed by atoms with E-state index in [9.17, 15) is 9.18 Å². The van der Waals surface area contributed by atoms with Crippen molar-refractivity contribution in [3.63, 3.8) is 0 Å². The summed E-state index contributed by atoms with van der Waals surface area (Å²) in [5.41, 5.74) is 0.554. The van der Waals surface area contributed by atoms with Crippen LogP contribution in [0.15, 0.2) is 24.3 Å². The van der Waals surface area contributed by atoms with Crippen molar-refractivity contribution in [2.24, 2.45) is 5.92 Å². The molecule has 0 aliphatic carbocycles. The molecule has 0 aromatic heterocycles. The van der Waals surface area contributed by atoms with Gasteiger partial charge in [0.1, 0.15) is 5.82 Å². The summed E-state index contributed by atoms with van der Waals surface area (Å²) >= 11 is 3.30. The zero-order chi connectivity index (χ0) is 13.5. The maximum absolute atomic E-state index is 13.4. The van der Waals surface area contributed by atoms with E-state index in [4.69, 9.17) is 0 Å². The highest BCUT2D eigenvalue weighted by atomic mass is 79.9. The molecule has 1 aromatic rings. The second kappa shape index (κ2) is 7.52. The van der Waals surface area contributed by atoms with Crippen molar-refractivity contribution in [1.29, 1.82) is 0 Å². The molecule has 0 radical (unpaired) electrons. The minimum atomic E-state index is -0.387. The van der Waals surface area contributed by atoms with Crippen LogP contribution in [0, 0.1) is 11.7 Å². The predicted octanol–water partition coefficient (Wildman–Crippen LogP) is 3.29. The summed E-state index contributed by atoms with van der Waals surface area (Å²) in [6.45, 7) is 4.88. The highest BCUT2D eigenvalue weighted by Gasteiger charge is 2.16. The second-order valence-corrected chi connectivity index (χ2v) is 5.84. The Hall–Kier alpha value is -0.900. The summed E-state index contributed by atoms with van der Waals surface area (Å²) in [5, 5.41) is 2.85. The summed E-state index contributed by atoms with van der Waals surface area (Å²) in [7, 11) is 0. The SMILES string of the molecule is CC(C)CCNC(=O)C(Br)Cc1ccccc1F. The molecule has 1 aromatic carbocycles. The molecule has 18 heavy (non-hydrogen) atoms. The van der Waals surface area contributed by atoms with Crippen molar-refractivity contribution in [3.8, 4) is 0 Å². The molecule has 0 heterocycles. The average molecular weight is 316 g/mol. The molecular formula is C14H19BrFNO. The quantitative estimate of drug-likeness (QED) is 0.802. The van der Waals surface area contributed by atoms with Gasteiger partial charge in [-0.25, -0.2) is 4.39 Å². The molecule has 0 bridgehead atoms. The van der Waals surface area contributed by atoms with Crippen LogP contribution in [0.25, 0.3) is 0 Å². The number of carbonyl (C=O) groups is 1. The topological polar surface area (TPSA) is 29.1 Å². The first-order valence-electron chi connectivity index (χ1n) is 6.16. The molecule has 1 amide bonds. The van der Waals surface area contributed by atoms with Crippen molar-refractivity contribution >= 4 is 21.8 Å². The van der Waals surface area contributed by atoms with Crippen molar-refractivity contribution in [2.75, 3.05) is 6.54 Å². The van der Waals surface area contributed by atoms with Crippen molar-refractivity contribution in [2.45, 2.75) is 31.5 Å². The summed E-state index contributed by atoms with van der Waals surface area (Å²) in [6.07, 6.45) is 1.31. The Balaban J connectivity index is 2.43. The van der Waals surface area contributed by atoms with Crippen molar-refractivity contribution in [3.05, 3.63) is 35.6 Å². The third-order valence-electron chi connectivity index (χ3n) is 2.66. The monoisotopic (exact) mass is 315 g/mol. The highest BCUT2D eigenvalue weighted by molar-refractivity contribution is 9.10. The minimum Gasteiger partial charge on any atom is -0.355 e. The van der Waals surface area contributed by atoms with Gasteiger partial charge in [-0.1, -0.05) is 48.0 Å². The van der Waals surface area contributed by atoms with Crippen LogP contribution in [0.1, 0.15) is 25.8 Å². The first kappa shape index (κ1) is 15.2. The van der Waals surface area contributed by atoms with Gasteiger partial charge < -0.3 is 5.32 Å². The largest absolute Gasteiger partial charge is 0.355 e. The van der Waals surface area contributed by atoms with Crippen LogP contribution < -0.4 is 5.32 Å². The molecule has 4 heteroatoms. The first-order chi connectivity index (χ1) is 8.50. The summed E-state index contributed by atoms with van der Waals surface area (Å²) in [5.74, 6) is 0.210. The van der Waals surface area contributed by atoms with Gasteiger partial charge in [-0.15, -0.1) is 0 Å². The van der Waals surface area contributed by atoms with Crippen LogP contribution in [0.4, 0.5) is 4.39 Å². The van der Waals surface area contributed by atoms with E-state index in [1.54, 1.807) is 18.2 Å². The molecule has 2 nitrogen and oxygen atoms in total. The van der Waals surface area contributed by atoms with Gasteiger partial charge in [-0.05, 0) is 30.4 Å². The Morgan fingerprint density at radius 3 is 2.67 bits per heavy atom. The smallest absolute Gasteiger partial charge is 0.234 e. The lowest BCUT2D eigenvalue weighted by atomic mass is 10.1. The third kappa shape index (κ3) is 5.17. The zero-order valence-corrected chi connectivity index (χ0v) is 12.3. The Labute approximate surface area is 116 Å². The van der Waals surface area contributed by atoms with Gasteiger partial charge in [-0.2, -0.15) is 0 Å². The van der Waals surface area contributed by atoms with Crippen LogP contribution in [0.5, 0.6) is 0 Å². The minimum absolute atomic E-state index is 0.0843. The van der Waals surface area contributed by atoms with Crippen molar-refractivity contribution in [1.82, 2.24) is 5.32 Å². The summed E-state index contributed by atoms with van der Waals surface area (Å²) < 4.78 is 13.4. The number of alkyl halides is 1. The zero-order valence-electron chi connectivity index (χ0n) is 10.7. The van der Waals surface area contributed by atoms with E-state index in [1.807, 2.05) is 0 Å². The van der Waals surface area contributed by atoms with E-state index in [2.05, 4.69) is 35.1 Å². The Bertz CT molecular complexity index is 395. The number of benzene rings is 1. The van der Waals surface area contributed by atoms with Crippen LogP contribution in [0.3, 0.4) is 0 Å². The van der Waals surface area contributed by atoms with E-state index >= 15 is 0 Å². The Kier molecular flexibility index (Phi) is 6.33. The highest BCUT2D eigenvalue weighted by Crippen LogP contribution is 2.13. The van der Waals surface area contributed by atoms with E-state index in [1.165, 1.54) is 6.07 Å². The molecule has 1 N–H and O–H groups in total. The van der Waals surface area contributed by atoms with E-state index < -0.39 is 0 Å². The van der Waals surface area contributed by atoms with E-state index in [0.717, 1.165) is 6.42 Å². The first-order valence-corrected chi connectivity index (χ1v) is 7.07. The van der Waals surface area contributed by atoms with Gasteiger partial charge >= 0.3 is 0 Å². The number of hydrogen-bond acceptors (Lipinski definition) is 1. The molecule has 100 valence electrons. The standard InChI is InChI=1S/C14H19BrFNO/c1-10(2)7-8-17-14(18)12(15)9-11-5-3-4-6-13(11)16/h3-6,10,12H,7-9H2,1-2H3,(H,17,18). The number of amides is 1. The van der Waals surface area contributed by atoms with E-state index in [-0.39, 0.29) is 16.6 Å². The Morgan fingerprint density at radius 2 is 2.06 bits per heavy atom. The second-order valence-electron chi connectivity index (χ2n) is 4.74. The van der Waals surface area contributed by atoms with Crippen LogP contribution >= 0.6 is 15.9 Å². The molecule has 1 atom stereocenters. The number of hydrogen-bond donors (Lipinski definition) is 1. The molecule has 0 fully saturated rings. The van der Waals surface area contributed by atoms with Gasteiger partial charge in [0.25, 0.3) is 0 Å².